The zero-order chi connectivity index (χ0) is 17.7. The zero-order valence-corrected chi connectivity index (χ0v) is 15.4. The van der Waals surface area contributed by atoms with Crippen LogP contribution in [0.25, 0.3) is 11.0 Å². The van der Waals surface area contributed by atoms with Crippen LogP contribution in [0.15, 0.2) is 18.6 Å². The number of hydrogen-bond donors (Lipinski definition) is 1. The first-order valence-corrected chi connectivity index (χ1v) is 10.5. The molecule has 3 heterocycles. The summed E-state index contributed by atoms with van der Waals surface area (Å²) >= 11 is 0. The summed E-state index contributed by atoms with van der Waals surface area (Å²) in [7, 11) is -1.00. The third-order valence-electron chi connectivity index (χ3n) is 5.38. The maximum atomic E-state index is 12.4. The maximum absolute atomic E-state index is 12.4. The SMILES string of the molecule is CN(c1ncnc2[nH]ccc12)C1CC(CS(=O)(=O)CC2(C)COC2)C1. The van der Waals surface area contributed by atoms with Crippen LogP contribution in [-0.2, 0) is 14.6 Å². The standard InChI is InChI=1S/C17H24N4O3S/c1-17(8-24-9-17)10-25(22,23)7-12-5-13(6-12)21(2)16-14-3-4-18-15(14)19-11-20-16/h3-4,11-13H,5-10H2,1-2H3,(H,18,19,20). The minimum atomic E-state index is -3.03. The van der Waals surface area contributed by atoms with Gasteiger partial charge in [-0.15, -0.1) is 0 Å². The van der Waals surface area contributed by atoms with Crippen LogP contribution in [0.1, 0.15) is 19.8 Å². The van der Waals surface area contributed by atoms with Gasteiger partial charge in [-0.3, -0.25) is 0 Å². The lowest BCUT2D eigenvalue weighted by molar-refractivity contribution is -0.0870. The molecule has 0 radical (unpaired) electrons. The van der Waals surface area contributed by atoms with Crippen LogP contribution < -0.4 is 4.90 Å². The molecule has 1 saturated heterocycles. The molecule has 8 heteroatoms. The number of ether oxygens (including phenoxy) is 1. The lowest BCUT2D eigenvalue weighted by Crippen LogP contribution is -2.48. The first kappa shape index (κ1) is 16.8. The van der Waals surface area contributed by atoms with Gasteiger partial charge in [-0.05, 0) is 24.8 Å². The summed E-state index contributed by atoms with van der Waals surface area (Å²) in [6.45, 7) is 3.11. The predicted molar refractivity (Wildman–Crippen MR) is 96.4 cm³/mol. The average molecular weight is 364 g/mol. The Bertz CT molecular complexity index is 869. The van der Waals surface area contributed by atoms with Gasteiger partial charge >= 0.3 is 0 Å². The van der Waals surface area contributed by atoms with E-state index in [1.165, 1.54) is 0 Å². The highest BCUT2D eigenvalue weighted by atomic mass is 32.2. The lowest BCUT2D eigenvalue weighted by atomic mass is 9.81. The summed E-state index contributed by atoms with van der Waals surface area (Å²) in [4.78, 5) is 13.9. The number of anilines is 1. The van der Waals surface area contributed by atoms with Crippen LogP contribution in [0.2, 0.25) is 0 Å². The normalized spacial score (nSPS) is 25.4. The van der Waals surface area contributed by atoms with E-state index < -0.39 is 9.84 Å². The quantitative estimate of drug-likeness (QED) is 0.838. The Labute approximate surface area is 147 Å². The average Bonchev–Trinajstić information content (AvgIpc) is 2.96. The molecule has 0 unspecified atom stereocenters. The van der Waals surface area contributed by atoms with E-state index in [4.69, 9.17) is 4.74 Å². The van der Waals surface area contributed by atoms with Crippen molar-refractivity contribution in [3.63, 3.8) is 0 Å². The fourth-order valence-corrected chi connectivity index (χ4v) is 6.29. The van der Waals surface area contributed by atoms with Gasteiger partial charge in [0, 0.05) is 24.7 Å². The van der Waals surface area contributed by atoms with E-state index in [1.807, 2.05) is 26.2 Å². The second-order valence-electron chi connectivity index (χ2n) is 7.90. The zero-order valence-electron chi connectivity index (χ0n) is 14.6. The molecule has 136 valence electrons. The number of nitrogens with one attached hydrogen (secondary N) is 1. The summed E-state index contributed by atoms with van der Waals surface area (Å²) in [5, 5.41) is 0.999. The monoisotopic (exact) mass is 364 g/mol. The molecular weight excluding hydrogens is 340 g/mol. The highest BCUT2D eigenvalue weighted by Crippen LogP contribution is 2.37. The topological polar surface area (TPSA) is 88.2 Å². The molecule has 7 nitrogen and oxygen atoms in total. The number of fused-ring (bicyclic) bond motifs is 1. The fraction of sp³-hybridized carbons (Fsp3) is 0.647. The molecule has 2 aliphatic rings. The van der Waals surface area contributed by atoms with Crippen molar-refractivity contribution in [2.24, 2.45) is 11.3 Å². The second kappa shape index (κ2) is 5.95. The van der Waals surface area contributed by atoms with Crippen LogP contribution in [0, 0.1) is 11.3 Å². The number of H-pyrrole nitrogens is 1. The number of sulfone groups is 1. The summed E-state index contributed by atoms with van der Waals surface area (Å²) in [6, 6.07) is 2.30. The second-order valence-corrected chi connectivity index (χ2v) is 10.0. The highest BCUT2D eigenvalue weighted by molar-refractivity contribution is 7.91. The Morgan fingerprint density at radius 3 is 2.80 bits per heavy atom. The van der Waals surface area contributed by atoms with E-state index in [2.05, 4.69) is 19.9 Å². The van der Waals surface area contributed by atoms with Gasteiger partial charge in [0.05, 0.1) is 30.1 Å². The summed E-state index contributed by atoms with van der Waals surface area (Å²) < 4.78 is 30.0. The highest BCUT2D eigenvalue weighted by Gasteiger charge is 2.41. The van der Waals surface area contributed by atoms with Crippen LogP contribution in [0.4, 0.5) is 5.82 Å². The molecule has 1 N–H and O–H groups in total. The molecule has 25 heavy (non-hydrogen) atoms. The van der Waals surface area contributed by atoms with Crippen molar-refractivity contribution in [1.29, 1.82) is 0 Å². The molecule has 1 saturated carbocycles. The van der Waals surface area contributed by atoms with Gasteiger partial charge in [-0.25, -0.2) is 18.4 Å². The minimum absolute atomic E-state index is 0.181. The van der Waals surface area contributed by atoms with Crippen molar-refractivity contribution in [2.75, 3.05) is 36.7 Å². The van der Waals surface area contributed by atoms with Gasteiger partial charge in [0.25, 0.3) is 0 Å². The number of hydrogen-bond acceptors (Lipinski definition) is 6. The lowest BCUT2D eigenvalue weighted by Gasteiger charge is -2.42. The molecule has 1 aliphatic carbocycles. The largest absolute Gasteiger partial charge is 0.380 e. The molecule has 4 rings (SSSR count). The molecule has 2 fully saturated rings. The van der Waals surface area contributed by atoms with Gasteiger partial charge in [-0.2, -0.15) is 0 Å². The number of rotatable bonds is 6. The van der Waals surface area contributed by atoms with Crippen molar-refractivity contribution in [2.45, 2.75) is 25.8 Å². The van der Waals surface area contributed by atoms with E-state index >= 15 is 0 Å². The summed E-state index contributed by atoms with van der Waals surface area (Å²) in [6.07, 6.45) is 5.20. The Morgan fingerprint density at radius 1 is 1.36 bits per heavy atom. The van der Waals surface area contributed by atoms with Crippen LogP contribution >= 0.6 is 0 Å². The Morgan fingerprint density at radius 2 is 2.12 bits per heavy atom. The van der Waals surface area contributed by atoms with E-state index in [0.29, 0.717) is 19.3 Å². The molecule has 1 aliphatic heterocycles. The van der Waals surface area contributed by atoms with Crippen LogP contribution in [0.3, 0.4) is 0 Å². The van der Waals surface area contributed by atoms with Crippen molar-refractivity contribution >= 4 is 26.7 Å². The number of nitrogens with zero attached hydrogens (tertiary/aromatic N) is 3. The number of aromatic amines is 1. The molecule has 0 atom stereocenters. The Hall–Kier alpha value is -1.67. The minimum Gasteiger partial charge on any atom is -0.380 e. The Kier molecular flexibility index (Phi) is 3.99. The predicted octanol–water partition coefficient (Wildman–Crippen LogP) is 1.62. The summed E-state index contributed by atoms with van der Waals surface area (Å²) in [5.74, 6) is 1.67. The van der Waals surface area contributed by atoms with E-state index in [0.717, 1.165) is 29.7 Å². The first-order chi connectivity index (χ1) is 11.9. The van der Waals surface area contributed by atoms with Gasteiger partial charge in [0.2, 0.25) is 0 Å². The van der Waals surface area contributed by atoms with Gasteiger partial charge in [-0.1, -0.05) is 6.92 Å². The van der Waals surface area contributed by atoms with Crippen molar-refractivity contribution in [1.82, 2.24) is 15.0 Å². The van der Waals surface area contributed by atoms with E-state index in [-0.39, 0.29) is 22.8 Å². The van der Waals surface area contributed by atoms with Crippen molar-refractivity contribution in [3.8, 4) is 0 Å². The van der Waals surface area contributed by atoms with Crippen LogP contribution in [-0.4, -0.2) is 61.2 Å². The molecule has 0 aromatic carbocycles. The smallest absolute Gasteiger partial charge is 0.151 e. The Balaban J connectivity index is 1.36. The van der Waals surface area contributed by atoms with E-state index in [9.17, 15) is 8.42 Å². The summed E-state index contributed by atoms with van der Waals surface area (Å²) in [5.41, 5.74) is 0.644. The molecule has 2 aromatic heterocycles. The van der Waals surface area contributed by atoms with Crippen LogP contribution in [0.5, 0.6) is 0 Å². The third-order valence-corrected chi connectivity index (χ3v) is 7.50. The van der Waals surface area contributed by atoms with Crippen molar-refractivity contribution < 1.29 is 13.2 Å². The maximum Gasteiger partial charge on any atom is 0.151 e. The molecule has 0 spiro atoms. The van der Waals surface area contributed by atoms with E-state index in [1.54, 1.807) is 6.33 Å². The number of aromatic nitrogens is 3. The van der Waals surface area contributed by atoms with Gasteiger partial charge < -0.3 is 14.6 Å². The van der Waals surface area contributed by atoms with Crippen molar-refractivity contribution in [3.05, 3.63) is 18.6 Å². The molecular formula is C17H24N4O3S. The first-order valence-electron chi connectivity index (χ1n) is 8.64. The molecule has 2 aromatic rings. The molecule has 0 bridgehead atoms. The van der Waals surface area contributed by atoms with Gasteiger partial charge in [0.15, 0.2) is 9.84 Å². The molecule has 0 amide bonds. The third kappa shape index (κ3) is 3.25. The fourth-order valence-electron chi connectivity index (χ4n) is 3.95. The van der Waals surface area contributed by atoms with Gasteiger partial charge in [0.1, 0.15) is 17.8 Å².